The number of amides is 1. The third-order valence-electron chi connectivity index (χ3n) is 4.49. The number of nitrogens with one attached hydrogen (secondary N) is 1. The number of nitro groups is 1. The molecule has 0 aliphatic rings. The first-order valence-electron chi connectivity index (χ1n) is 8.79. The second-order valence-electron chi connectivity index (χ2n) is 6.51. The molecule has 2 aromatic carbocycles. The van der Waals surface area contributed by atoms with Gasteiger partial charge in [-0.25, -0.2) is 0 Å². The highest BCUT2D eigenvalue weighted by molar-refractivity contribution is 6.14. The SMILES string of the molecule is CCCC(=Nc1ccc(C)c([N+](=O)[O-])c1)c1c(O)[nH]c2cc(C(N)=O)ccc12. The number of H-pyrrole nitrogens is 1. The van der Waals surface area contributed by atoms with Crippen LogP contribution in [-0.4, -0.2) is 26.6 Å². The number of benzene rings is 2. The Kier molecular flexibility index (Phi) is 5.12. The second-order valence-corrected chi connectivity index (χ2v) is 6.51. The monoisotopic (exact) mass is 380 g/mol. The quantitative estimate of drug-likeness (QED) is 0.337. The molecule has 0 aliphatic carbocycles. The molecule has 0 aliphatic heterocycles. The highest BCUT2D eigenvalue weighted by Crippen LogP contribution is 2.32. The molecule has 144 valence electrons. The summed E-state index contributed by atoms with van der Waals surface area (Å²) in [5, 5.41) is 22.4. The second kappa shape index (κ2) is 7.51. The molecule has 3 rings (SSSR count). The number of carbonyl (C=O) groups is 1. The van der Waals surface area contributed by atoms with Crippen molar-refractivity contribution in [3.8, 4) is 5.88 Å². The maximum absolute atomic E-state index is 11.4. The van der Waals surface area contributed by atoms with Crippen molar-refractivity contribution < 1.29 is 14.8 Å². The smallest absolute Gasteiger partial charge is 0.274 e. The average molecular weight is 380 g/mol. The van der Waals surface area contributed by atoms with Gasteiger partial charge in [0.2, 0.25) is 5.91 Å². The number of aromatic nitrogens is 1. The molecular weight excluding hydrogens is 360 g/mol. The van der Waals surface area contributed by atoms with Crippen LogP contribution in [-0.2, 0) is 0 Å². The Morgan fingerprint density at radius 3 is 2.68 bits per heavy atom. The number of fused-ring (bicyclic) bond motifs is 1. The molecule has 0 atom stereocenters. The number of hydrogen-bond donors (Lipinski definition) is 3. The number of carbonyl (C=O) groups excluding carboxylic acids is 1. The summed E-state index contributed by atoms with van der Waals surface area (Å²) in [5.41, 5.74) is 8.28. The molecule has 0 unspecified atom stereocenters. The van der Waals surface area contributed by atoms with Crippen molar-refractivity contribution in [3.05, 3.63) is 63.2 Å². The molecular formula is C20H20N4O4. The Balaban J connectivity index is 2.16. The van der Waals surface area contributed by atoms with Crippen molar-refractivity contribution in [2.24, 2.45) is 10.7 Å². The number of aromatic amines is 1. The largest absolute Gasteiger partial charge is 0.494 e. The van der Waals surface area contributed by atoms with E-state index in [2.05, 4.69) is 9.98 Å². The number of aryl methyl sites for hydroxylation is 1. The lowest BCUT2D eigenvalue weighted by Crippen LogP contribution is -2.10. The van der Waals surface area contributed by atoms with Gasteiger partial charge in [0.15, 0.2) is 5.88 Å². The van der Waals surface area contributed by atoms with Crippen molar-refractivity contribution in [3.63, 3.8) is 0 Å². The molecule has 0 bridgehead atoms. The van der Waals surface area contributed by atoms with Gasteiger partial charge in [-0.2, -0.15) is 0 Å². The van der Waals surface area contributed by atoms with Crippen LogP contribution in [0.15, 0.2) is 41.4 Å². The van der Waals surface area contributed by atoms with E-state index in [4.69, 9.17) is 5.73 Å². The third kappa shape index (κ3) is 3.57. The molecule has 28 heavy (non-hydrogen) atoms. The molecule has 8 heteroatoms. The van der Waals surface area contributed by atoms with Gasteiger partial charge in [-0.1, -0.05) is 25.5 Å². The molecule has 0 spiro atoms. The van der Waals surface area contributed by atoms with Gasteiger partial charge in [0, 0.05) is 28.1 Å². The molecule has 3 aromatic rings. The Labute approximate surface area is 160 Å². The van der Waals surface area contributed by atoms with Crippen molar-refractivity contribution in [1.82, 2.24) is 4.98 Å². The van der Waals surface area contributed by atoms with Gasteiger partial charge >= 0.3 is 0 Å². The van der Waals surface area contributed by atoms with Crippen LogP contribution in [0.3, 0.4) is 0 Å². The minimum Gasteiger partial charge on any atom is -0.494 e. The van der Waals surface area contributed by atoms with Gasteiger partial charge < -0.3 is 15.8 Å². The van der Waals surface area contributed by atoms with Crippen LogP contribution in [0, 0.1) is 17.0 Å². The van der Waals surface area contributed by atoms with Crippen LogP contribution in [0.25, 0.3) is 10.9 Å². The maximum atomic E-state index is 11.4. The van der Waals surface area contributed by atoms with Crippen LogP contribution in [0.5, 0.6) is 5.88 Å². The fourth-order valence-corrected chi connectivity index (χ4v) is 3.12. The Morgan fingerprint density at radius 1 is 1.29 bits per heavy atom. The fraction of sp³-hybridized carbons (Fsp3) is 0.200. The summed E-state index contributed by atoms with van der Waals surface area (Å²) in [5.74, 6) is -0.641. The van der Waals surface area contributed by atoms with Crippen molar-refractivity contribution in [2.45, 2.75) is 26.7 Å². The molecule has 8 nitrogen and oxygen atoms in total. The summed E-state index contributed by atoms with van der Waals surface area (Å²) in [6.07, 6.45) is 1.32. The van der Waals surface area contributed by atoms with Crippen molar-refractivity contribution >= 4 is 33.9 Å². The minimum absolute atomic E-state index is 0.00801. The fourth-order valence-electron chi connectivity index (χ4n) is 3.12. The Hall–Kier alpha value is -3.68. The van der Waals surface area contributed by atoms with Crippen LogP contribution in [0.2, 0.25) is 0 Å². The van der Waals surface area contributed by atoms with Gasteiger partial charge in [-0.05, 0) is 31.5 Å². The normalized spacial score (nSPS) is 11.7. The molecule has 4 N–H and O–H groups in total. The first-order chi connectivity index (χ1) is 13.3. The summed E-state index contributed by atoms with van der Waals surface area (Å²) < 4.78 is 0. The van der Waals surface area contributed by atoms with Crippen LogP contribution in [0.4, 0.5) is 11.4 Å². The average Bonchev–Trinajstić information content (AvgIpc) is 2.97. The van der Waals surface area contributed by atoms with E-state index in [1.807, 2.05) is 6.92 Å². The number of nitro benzene ring substituents is 1. The van der Waals surface area contributed by atoms with E-state index in [1.165, 1.54) is 6.07 Å². The standard InChI is InChI=1S/C20H20N4O4/c1-3-4-15(22-13-7-5-11(2)17(10-13)24(27)28)18-14-8-6-12(19(21)25)9-16(14)23-20(18)26/h5-10,23,26H,3-4H2,1-2H3,(H2,21,25). The van der Waals surface area contributed by atoms with Gasteiger partial charge in [0.1, 0.15) is 0 Å². The summed E-state index contributed by atoms with van der Waals surface area (Å²) in [4.78, 5) is 29.6. The molecule has 0 fully saturated rings. The van der Waals surface area contributed by atoms with Crippen molar-refractivity contribution in [2.75, 3.05) is 0 Å². The molecule has 1 amide bonds. The predicted molar refractivity (Wildman–Crippen MR) is 107 cm³/mol. The molecule has 0 saturated heterocycles. The summed E-state index contributed by atoms with van der Waals surface area (Å²) in [7, 11) is 0. The highest BCUT2D eigenvalue weighted by atomic mass is 16.6. The first kappa shape index (κ1) is 19.1. The minimum atomic E-state index is -0.563. The van der Waals surface area contributed by atoms with Gasteiger partial charge in [-0.15, -0.1) is 0 Å². The molecule has 1 heterocycles. The van der Waals surface area contributed by atoms with E-state index in [0.29, 0.717) is 45.4 Å². The maximum Gasteiger partial charge on any atom is 0.274 e. The van der Waals surface area contributed by atoms with Crippen molar-refractivity contribution in [1.29, 1.82) is 0 Å². The number of nitrogens with two attached hydrogens (primary N) is 1. The zero-order valence-corrected chi connectivity index (χ0v) is 15.5. The van der Waals surface area contributed by atoms with Gasteiger partial charge in [0.25, 0.3) is 5.69 Å². The lowest BCUT2D eigenvalue weighted by molar-refractivity contribution is -0.385. The number of aromatic hydroxyl groups is 1. The predicted octanol–water partition coefficient (Wildman–Crippen LogP) is 4.11. The van der Waals surface area contributed by atoms with E-state index >= 15 is 0 Å². The Morgan fingerprint density at radius 2 is 2.04 bits per heavy atom. The van der Waals surface area contributed by atoms with Gasteiger partial charge in [0.05, 0.1) is 21.9 Å². The number of aliphatic imine (C=N–C) groups is 1. The number of nitrogens with zero attached hydrogens (tertiary/aromatic N) is 2. The van der Waals surface area contributed by atoms with Gasteiger partial charge in [-0.3, -0.25) is 19.9 Å². The number of primary amides is 1. The van der Waals surface area contributed by atoms with Crippen LogP contribution in [0.1, 0.15) is 41.3 Å². The first-order valence-corrected chi connectivity index (χ1v) is 8.79. The highest BCUT2D eigenvalue weighted by Gasteiger charge is 2.18. The van der Waals surface area contributed by atoms with E-state index in [-0.39, 0.29) is 11.6 Å². The summed E-state index contributed by atoms with van der Waals surface area (Å²) in [6.45, 7) is 3.64. The molecule has 0 saturated carbocycles. The van der Waals surface area contributed by atoms with E-state index in [9.17, 15) is 20.0 Å². The Bertz CT molecular complexity index is 1110. The topological polar surface area (TPSA) is 135 Å². The van der Waals surface area contributed by atoms with Crippen LogP contribution < -0.4 is 5.73 Å². The van der Waals surface area contributed by atoms with Crippen LogP contribution >= 0.6 is 0 Å². The zero-order chi connectivity index (χ0) is 20.4. The lowest BCUT2D eigenvalue weighted by atomic mass is 10.0. The lowest BCUT2D eigenvalue weighted by Gasteiger charge is -2.07. The molecule has 1 aromatic heterocycles. The number of rotatable bonds is 6. The third-order valence-corrected chi connectivity index (χ3v) is 4.49. The van der Waals surface area contributed by atoms with E-state index < -0.39 is 10.8 Å². The van der Waals surface area contributed by atoms with E-state index in [1.54, 1.807) is 37.3 Å². The summed E-state index contributed by atoms with van der Waals surface area (Å²) >= 11 is 0. The zero-order valence-electron chi connectivity index (χ0n) is 15.5. The van der Waals surface area contributed by atoms with E-state index in [0.717, 1.165) is 6.42 Å². The molecule has 0 radical (unpaired) electrons. The number of hydrogen-bond acceptors (Lipinski definition) is 5. The summed E-state index contributed by atoms with van der Waals surface area (Å²) in [6, 6.07) is 9.62.